The molecular formula is C13H19NO2. The van der Waals surface area contributed by atoms with Gasteiger partial charge in [0, 0.05) is 6.04 Å². The van der Waals surface area contributed by atoms with Gasteiger partial charge in [0.15, 0.2) is 0 Å². The van der Waals surface area contributed by atoms with E-state index in [4.69, 9.17) is 4.42 Å². The molecule has 0 saturated heterocycles. The third kappa shape index (κ3) is 2.46. The van der Waals surface area contributed by atoms with Crippen molar-refractivity contribution in [3.8, 4) is 0 Å². The highest BCUT2D eigenvalue weighted by molar-refractivity contribution is 5.95. The van der Waals surface area contributed by atoms with E-state index in [-0.39, 0.29) is 5.91 Å². The lowest BCUT2D eigenvalue weighted by atomic mass is 9.87. The Labute approximate surface area is 96.2 Å². The smallest absolute Gasteiger partial charge is 0.255 e. The molecule has 1 aromatic heterocycles. The van der Waals surface area contributed by atoms with Crippen LogP contribution in [0.1, 0.15) is 48.7 Å². The average Bonchev–Trinajstić information content (AvgIpc) is 2.64. The summed E-state index contributed by atoms with van der Waals surface area (Å²) in [4.78, 5) is 11.9. The fourth-order valence-corrected chi connectivity index (χ4v) is 2.45. The van der Waals surface area contributed by atoms with E-state index >= 15 is 0 Å². The number of carbonyl (C=O) groups is 1. The number of amides is 1. The van der Waals surface area contributed by atoms with Gasteiger partial charge in [0.2, 0.25) is 0 Å². The second-order valence-corrected chi connectivity index (χ2v) is 4.83. The number of carbonyl (C=O) groups excluding carboxylic acids is 1. The number of aryl methyl sites for hydroxylation is 1. The molecule has 0 radical (unpaired) electrons. The summed E-state index contributed by atoms with van der Waals surface area (Å²) < 4.78 is 5.14. The number of rotatable bonds is 2. The zero-order valence-electron chi connectivity index (χ0n) is 9.95. The Morgan fingerprint density at radius 3 is 2.94 bits per heavy atom. The van der Waals surface area contributed by atoms with Gasteiger partial charge in [-0.1, -0.05) is 19.8 Å². The molecule has 88 valence electrons. The van der Waals surface area contributed by atoms with Crippen LogP contribution in [-0.2, 0) is 0 Å². The van der Waals surface area contributed by atoms with Crippen molar-refractivity contribution in [2.75, 3.05) is 0 Å². The van der Waals surface area contributed by atoms with E-state index in [1.54, 1.807) is 12.3 Å². The third-order valence-electron chi connectivity index (χ3n) is 3.38. The molecule has 1 amide bonds. The van der Waals surface area contributed by atoms with Gasteiger partial charge in [-0.05, 0) is 31.7 Å². The highest BCUT2D eigenvalue weighted by atomic mass is 16.3. The zero-order chi connectivity index (χ0) is 11.5. The summed E-state index contributed by atoms with van der Waals surface area (Å²) in [5.74, 6) is 1.43. The first-order chi connectivity index (χ1) is 7.66. The molecule has 1 aliphatic carbocycles. The van der Waals surface area contributed by atoms with Crippen LogP contribution in [0.3, 0.4) is 0 Å². The van der Waals surface area contributed by atoms with Crippen LogP contribution < -0.4 is 5.32 Å². The lowest BCUT2D eigenvalue weighted by molar-refractivity contribution is 0.0920. The monoisotopic (exact) mass is 221 g/mol. The summed E-state index contributed by atoms with van der Waals surface area (Å²) >= 11 is 0. The molecule has 0 spiro atoms. The van der Waals surface area contributed by atoms with Gasteiger partial charge < -0.3 is 9.73 Å². The molecule has 1 aliphatic rings. The van der Waals surface area contributed by atoms with E-state index in [9.17, 15) is 4.79 Å². The van der Waals surface area contributed by atoms with Gasteiger partial charge in [-0.15, -0.1) is 0 Å². The quantitative estimate of drug-likeness (QED) is 0.834. The van der Waals surface area contributed by atoms with Crippen LogP contribution in [0.2, 0.25) is 0 Å². The highest BCUT2D eigenvalue weighted by Crippen LogP contribution is 2.23. The van der Waals surface area contributed by atoms with Crippen molar-refractivity contribution in [2.24, 2.45) is 5.92 Å². The van der Waals surface area contributed by atoms with Gasteiger partial charge in [0.1, 0.15) is 5.76 Å². The molecule has 1 N–H and O–H groups in total. The molecule has 1 aromatic rings. The maximum atomic E-state index is 11.9. The predicted octanol–water partition coefficient (Wildman–Crippen LogP) is 2.90. The Hall–Kier alpha value is -1.25. The van der Waals surface area contributed by atoms with Gasteiger partial charge in [-0.25, -0.2) is 0 Å². The van der Waals surface area contributed by atoms with Crippen molar-refractivity contribution < 1.29 is 9.21 Å². The Morgan fingerprint density at radius 1 is 1.50 bits per heavy atom. The number of hydrogen-bond donors (Lipinski definition) is 1. The van der Waals surface area contributed by atoms with Crippen LogP contribution in [0.5, 0.6) is 0 Å². The molecule has 0 bridgehead atoms. The molecule has 1 heterocycles. The molecule has 3 heteroatoms. The molecule has 2 rings (SSSR count). The number of furan rings is 1. The van der Waals surface area contributed by atoms with Crippen molar-refractivity contribution in [1.82, 2.24) is 5.32 Å². The maximum Gasteiger partial charge on any atom is 0.255 e. The standard InChI is InChI=1S/C13H19NO2/c1-9-4-3-5-11(8-9)14-13(15)12-6-7-16-10(12)2/h6-7,9,11H,3-5,8H2,1-2H3,(H,14,15). The fraction of sp³-hybridized carbons (Fsp3) is 0.615. The van der Waals surface area contributed by atoms with Crippen molar-refractivity contribution in [1.29, 1.82) is 0 Å². The van der Waals surface area contributed by atoms with Gasteiger partial charge in [0.25, 0.3) is 5.91 Å². The van der Waals surface area contributed by atoms with Crippen LogP contribution in [0.4, 0.5) is 0 Å². The summed E-state index contributed by atoms with van der Waals surface area (Å²) in [5.41, 5.74) is 0.665. The minimum Gasteiger partial charge on any atom is -0.469 e. The minimum absolute atomic E-state index is 0.00495. The van der Waals surface area contributed by atoms with E-state index in [1.807, 2.05) is 6.92 Å². The van der Waals surface area contributed by atoms with Crippen LogP contribution >= 0.6 is 0 Å². The Bertz CT molecular complexity index is 370. The van der Waals surface area contributed by atoms with Crippen molar-refractivity contribution in [2.45, 2.75) is 45.6 Å². The normalized spacial score (nSPS) is 25.4. The van der Waals surface area contributed by atoms with Crippen molar-refractivity contribution in [3.63, 3.8) is 0 Å². The summed E-state index contributed by atoms with van der Waals surface area (Å²) in [5, 5.41) is 3.09. The zero-order valence-corrected chi connectivity index (χ0v) is 9.95. The van der Waals surface area contributed by atoms with Crippen LogP contribution in [0.25, 0.3) is 0 Å². The second kappa shape index (κ2) is 4.73. The van der Waals surface area contributed by atoms with E-state index in [0.29, 0.717) is 17.4 Å². The Morgan fingerprint density at radius 2 is 2.31 bits per heavy atom. The first-order valence-electron chi connectivity index (χ1n) is 6.01. The predicted molar refractivity (Wildman–Crippen MR) is 62.3 cm³/mol. The lowest BCUT2D eigenvalue weighted by Crippen LogP contribution is -2.38. The third-order valence-corrected chi connectivity index (χ3v) is 3.38. The Balaban J connectivity index is 1.95. The topological polar surface area (TPSA) is 42.2 Å². The average molecular weight is 221 g/mol. The highest BCUT2D eigenvalue weighted by Gasteiger charge is 2.21. The molecule has 2 unspecified atom stereocenters. The lowest BCUT2D eigenvalue weighted by Gasteiger charge is -2.27. The molecule has 1 fully saturated rings. The van der Waals surface area contributed by atoms with Crippen LogP contribution in [0, 0.1) is 12.8 Å². The van der Waals surface area contributed by atoms with Gasteiger partial charge in [0.05, 0.1) is 11.8 Å². The molecular weight excluding hydrogens is 202 g/mol. The minimum atomic E-state index is 0.00495. The van der Waals surface area contributed by atoms with Crippen LogP contribution in [-0.4, -0.2) is 11.9 Å². The number of nitrogens with one attached hydrogen (secondary N) is 1. The Kier molecular flexibility index (Phi) is 3.32. The molecule has 2 atom stereocenters. The van der Waals surface area contributed by atoms with Gasteiger partial charge >= 0.3 is 0 Å². The summed E-state index contributed by atoms with van der Waals surface area (Å²) in [6, 6.07) is 2.07. The fourth-order valence-electron chi connectivity index (χ4n) is 2.45. The number of hydrogen-bond acceptors (Lipinski definition) is 2. The summed E-state index contributed by atoms with van der Waals surface area (Å²) in [6.45, 7) is 4.07. The molecule has 16 heavy (non-hydrogen) atoms. The van der Waals surface area contributed by atoms with Gasteiger partial charge in [-0.3, -0.25) is 4.79 Å². The van der Waals surface area contributed by atoms with Gasteiger partial charge in [-0.2, -0.15) is 0 Å². The molecule has 1 saturated carbocycles. The summed E-state index contributed by atoms with van der Waals surface area (Å²) in [6.07, 6.45) is 6.27. The molecule has 0 aromatic carbocycles. The van der Waals surface area contributed by atoms with E-state index in [2.05, 4.69) is 12.2 Å². The van der Waals surface area contributed by atoms with Crippen LogP contribution in [0.15, 0.2) is 16.7 Å². The van der Waals surface area contributed by atoms with E-state index in [1.165, 1.54) is 12.8 Å². The second-order valence-electron chi connectivity index (χ2n) is 4.83. The largest absolute Gasteiger partial charge is 0.469 e. The maximum absolute atomic E-state index is 11.9. The summed E-state index contributed by atoms with van der Waals surface area (Å²) in [7, 11) is 0. The SMILES string of the molecule is Cc1occc1C(=O)NC1CCCC(C)C1. The van der Waals surface area contributed by atoms with E-state index < -0.39 is 0 Å². The first kappa shape index (κ1) is 11.2. The molecule has 3 nitrogen and oxygen atoms in total. The first-order valence-corrected chi connectivity index (χ1v) is 6.01. The van der Waals surface area contributed by atoms with Crippen molar-refractivity contribution >= 4 is 5.91 Å². The van der Waals surface area contributed by atoms with Crippen molar-refractivity contribution in [3.05, 3.63) is 23.7 Å². The molecule has 0 aliphatic heterocycles. The van der Waals surface area contributed by atoms with E-state index in [0.717, 1.165) is 18.8 Å².